The zero-order valence-electron chi connectivity index (χ0n) is 33.5. The van der Waals surface area contributed by atoms with Crippen molar-refractivity contribution in [3.8, 4) is 0 Å². The lowest BCUT2D eigenvalue weighted by Crippen LogP contribution is -2.18. The summed E-state index contributed by atoms with van der Waals surface area (Å²) in [5.74, 6) is -0.806. The third-order valence-electron chi connectivity index (χ3n) is 9.83. The molecule has 1 atom stereocenters. The van der Waals surface area contributed by atoms with Crippen molar-refractivity contribution in [3.05, 3.63) is 36.5 Å². The summed E-state index contributed by atoms with van der Waals surface area (Å²) in [5.41, 5.74) is 0. The number of rotatable bonds is 40. The molecule has 0 bridgehead atoms. The zero-order valence-corrected chi connectivity index (χ0v) is 33.5. The van der Waals surface area contributed by atoms with Gasteiger partial charge in [-0.05, 0) is 96.3 Å². The number of esters is 1. The highest BCUT2D eigenvalue weighted by atomic mass is 16.5. The number of carbonyl (C=O) groups is 2. The predicted molar refractivity (Wildman–Crippen MR) is 218 cm³/mol. The second-order valence-electron chi connectivity index (χ2n) is 14.9. The minimum atomic E-state index is -0.743. The van der Waals surface area contributed by atoms with Gasteiger partial charge in [-0.15, -0.1) is 0 Å². The topological polar surface area (TPSA) is 63.6 Å². The van der Waals surface area contributed by atoms with Crippen molar-refractivity contribution in [1.29, 1.82) is 0 Å². The molecule has 0 amide bonds. The Morgan fingerprint density at radius 3 is 1.28 bits per heavy atom. The van der Waals surface area contributed by atoms with E-state index < -0.39 is 5.97 Å². The van der Waals surface area contributed by atoms with Crippen molar-refractivity contribution in [1.82, 2.24) is 0 Å². The summed E-state index contributed by atoms with van der Waals surface area (Å²) < 4.78 is 5.91. The first kappa shape index (κ1) is 48.2. The van der Waals surface area contributed by atoms with Gasteiger partial charge in [0.05, 0.1) is 0 Å². The first-order valence-electron chi connectivity index (χ1n) is 22.0. The van der Waals surface area contributed by atoms with Crippen molar-refractivity contribution in [2.24, 2.45) is 0 Å². The summed E-state index contributed by atoms with van der Waals surface area (Å²) in [6.45, 7) is 4.53. The van der Waals surface area contributed by atoms with Crippen LogP contribution in [0.3, 0.4) is 0 Å². The third kappa shape index (κ3) is 40.6. The average Bonchev–Trinajstić information content (AvgIpc) is 3.10. The van der Waals surface area contributed by atoms with Crippen LogP contribution in [-0.2, 0) is 14.3 Å². The Morgan fingerprint density at radius 2 is 0.780 bits per heavy atom. The molecule has 1 N–H and O–H groups in total. The van der Waals surface area contributed by atoms with E-state index in [9.17, 15) is 9.59 Å². The van der Waals surface area contributed by atoms with Crippen LogP contribution >= 0.6 is 0 Å². The SMILES string of the molecule is CCCCC/C=C\C/C=C\CCCC/C=C\CCCCCCCC(=O)OC(CCCCCCCCCCCCCCCC)CCCCC(=O)O. The maximum atomic E-state index is 12.6. The summed E-state index contributed by atoms with van der Waals surface area (Å²) in [4.78, 5) is 23.5. The highest BCUT2D eigenvalue weighted by Gasteiger charge is 2.14. The molecule has 0 radical (unpaired) electrons. The van der Waals surface area contributed by atoms with Crippen LogP contribution in [0.5, 0.6) is 0 Å². The fraction of sp³-hybridized carbons (Fsp3) is 0.826. The molecule has 0 heterocycles. The molecule has 0 saturated heterocycles. The number of carboxylic acids is 1. The predicted octanol–water partition coefficient (Wildman–Crippen LogP) is 15.3. The smallest absolute Gasteiger partial charge is 0.306 e. The fourth-order valence-corrected chi connectivity index (χ4v) is 6.56. The highest BCUT2D eigenvalue weighted by Crippen LogP contribution is 2.18. The summed E-state index contributed by atoms with van der Waals surface area (Å²) in [7, 11) is 0. The molecule has 0 aliphatic carbocycles. The molecule has 0 aromatic heterocycles. The number of allylic oxidation sites excluding steroid dienone is 6. The molecule has 0 aromatic rings. The number of carbonyl (C=O) groups excluding carboxylic acids is 1. The van der Waals surface area contributed by atoms with Crippen molar-refractivity contribution in [3.63, 3.8) is 0 Å². The Labute approximate surface area is 311 Å². The van der Waals surface area contributed by atoms with Crippen molar-refractivity contribution in [2.75, 3.05) is 0 Å². The summed E-state index contributed by atoms with van der Waals surface area (Å²) in [6, 6.07) is 0. The normalized spacial score (nSPS) is 12.5. The van der Waals surface area contributed by atoms with Crippen molar-refractivity contribution < 1.29 is 19.4 Å². The van der Waals surface area contributed by atoms with E-state index in [1.165, 1.54) is 154 Å². The molecule has 0 saturated carbocycles. The molecule has 50 heavy (non-hydrogen) atoms. The fourth-order valence-electron chi connectivity index (χ4n) is 6.56. The Balaban J connectivity index is 3.85. The van der Waals surface area contributed by atoms with Crippen LogP contribution < -0.4 is 0 Å². The monoisotopic (exact) mass is 701 g/mol. The average molecular weight is 701 g/mol. The van der Waals surface area contributed by atoms with Gasteiger partial charge >= 0.3 is 11.9 Å². The maximum absolute atomic E-state index is 12.6. The van der Waals surface area contributed by atoms with Gasteiger partial charge in [0.1, 0.15) is 6.10 Å². The van der Waals surface area contributed by atoms with E-state index >= 15 is 0 Å². The van der Waals surface area contributed by atoms with Gasteiger partial charge < -0.3 is 9.84 Å². The van der Waals surface area contributed by atoms with Gasteiger partial charge in [-0.2, -0.15) is 0 Å². The van der Waals surface area contributed by atoms with Gasteiger partial charge in [0.15, 0.2) is 0 Å². The van der Waals surface area contributed by atoms with Crippen LogP contribution in [0.1, 0.15) is 239 Å². The van der Waals surface area contributed by atoms with Crippen molar-refractivity contribution in [2.45, 2.75) is 245 Å². The summed E-state index contributed by atoms with van der Waals surface area (Å²) >= 11 is 0. The van der Waals surface area contributed by atoms with Crippen LogP contribution in [0.25, 0.3) is 0 Å². The van der Waals surface area contributed by atoms with Crippen molar-refractivity contribution >= 4 is 11.9 Å². The molecule has 0 fully saturated rings. The minimum Gasteiger partial charge on any atom is -0.481 e. The van der Waals surface area contributed by atoms with E-state index in [1.54, 1.807) is 0 Å². The van der Waals surface area contributed by atoms with Gasteiger partial charge in [0, 0.05) is 12.8 Å². The number of aliphatic carboxylic acids is 1. The number of unbranched alkanes of at least 4 members (excludes halogenated alkanes) is 25. The molecule has 1 unspecified atom stereocenters. The van der Waals surface area contributed by atoms with Crippen LogP contribution in [0, 0.1) is 0 Å². The first-order chi connectivity index (χ1) is 24.6. The molecule has 4 nitrogen and oxygen atoms in total. The molecule has 4 heteroatoms. The minimum absolute atomic E-state index is 0.0517. The molecule has 0 rings (SSSR count). The van der Waals surface area contributed by atoms with Crippen LogP contribution in [0.15, 0.2) is 36.5 Å². The molecule has 0 aliphatic heterocycles. The summed E-state index contributed by atoms with van der Waals surface area (Å²) in [6.07, 6.45) is 54.5. The number of carboxylic acid groups (broad SMARTS) is 1. The highest BCUT2D eigenvalue weighted by molar-refractivity contribution is 5.69. The van der Waals surface area contributed by atoms with Gasteiger partial charge in [0.2, 0.25) is 0 Å². The maximum Gasteiger partial charge on any atom is 0.306 e. The number of hydrogen-bond acceptors (Lipinski definition) is 3. The Bertz CT molecular complexity index is 798. The molecular weight excluding hydrogens is 617 g/mol. The van der Waals surface area contributed by atoms with Gasteiger partial charge in [-0.1, -0.05) is 166 Å². The molecule has 0 aliphatic rings. The Hall–Kier alpha value is -1.84. The lowest BCUT2D eigenvalue weighted by atomic mass is 10.0. The second-order valence-corrected chi connectivity index (χ2v) is 14.9. The largest absolute Gasteiger partial charge is 0.481 e. The Kier molecular flexibility index (Phi) is 40.0. The van der Waals surface area contributed by atoms with E-state index in [2.05, 4.69) is 50.3 Å². The Morgan fingerprint density at radius 1 is 0.440 bits per heavy atom. The van der Waals surface area contributed by atoms with E-state index in [1.807, 2.05) is 0 Å². The third-order valence-corrected chi connectivity index (χ3v) is 9.83. The molecule has 0 aromatic carbocycles. The summed E-state index contributed by atoms with van der Waals surface area (Å²) in [5, 5.41) is 8.97. The van der Waals surface area contributed by atoms with Gasteiger partial charge in [0.25, 0.3) is 0 Å². The van der Waals surface area contributed by atoms with Crippen LogP contribution in [0.2, 0.25) is 0 Å². The number of hydrogen-bond donors (Lipinski definition) is 1. The number of ether oxygens (including phenoxy) is 1. The lowest BCUT2D eigenvalue weighted by molar-refractivity contribution is -0.150. The van der Waals surface area contributed by atoms with Crippen LogP contribution in [-0.4, -0.2) is 23.1 Å². The first-order valence-corrected chi connectivity index (χ1v) is 22.0. The quantitative estimate of drug-likeness (QED) is 0.0393. The van der Waals surface area contributed by atoms with Gasteiger partial charge in [-0.3, -0.25) is 9.59 Å². The van der Waals surface area contributed by atoms with Crippen LogP contribution in [0.4, 0.5) is 0 Å². The van der Waals surface area contributed by atoms with E-state index in [0.29, 0.717) is 12.8 Å². The molecule has 292 valence electrons. The van der Waals surface area contributed by atoms with E-state index in [-0.39, 0.29) is 18.5 Å². The molecular formula is C46H84O4. The molecule has 0 spiro atoms. The van der Waals surface area contributed by atoms with E-state index in [4.69, 9.17) is 9.84 Å². The van der Waals surface area contributed by atoms with Gasteiger partial charge in [-0.25, -0.2) is 0 Å². The standard InChI is InChI=1S/C46H84O4/c1-3-5-7-9-11-13-15-17-19-20-21-22-23-24-25-27-29-31-33-35-37-43-46(49)50-44(41-38-39-42-45(47)48)40-36-34-32-30-28-26-18-16-14-12-10-8-6-4-2/h11,13,17,19,24-25,44H,3-10,12,14-16,18,20-23,26-43H2,1-2H3,(H,47,48)/b13-11-,19-17-,25-24-. The lowest BCUT2D eigenvalue weighted by Gasteiger charge is -2.18. The zero-order chi connectivity index (χ0) is 36.4. The second kappa shape index (κ2) is 41.6. The van der Waals surface area contributed by atoms with E-state index in [0.717, 1.165) is 51.4 Å².